The molecule has 1 aromatic rings. The molecule has 3 rings (SSSR count). The summed E-state index contributed by atoms with van der Waals surface area (Å²) in [5.74, 6) is 3.66. The van der Waals surface area contributed by atoms with Crippen molar-refractivity contribution in [2.24, 2.45) is 17.8 Å². The van der Waals surface area contributed by atoms with Crippen LogP contribution in [0.5, 0.6) is 5.75 Å². The minimum Gasteiger partial charge on any atom is -0.494 e. The summed E-state index contributed by atoms with van der Waals surface area (Å²) in [6, 6.07) is 6.90. The molecule has 2 aliphatic carbocycles. The van der Waals surface area contributed by atoms with Crippen LogP contribution < -0.4 is 10.1 Å². The maximum atomic E-state index is 5.58. The molecule has 2 bridgehead atoms. The van der Waals surface area contributed by atoms with Gasteiger partial charge in [-0.25, -0.2) is 0 Å². The second kappa shape index (κ2) is 6.07. The zero-order valence-electron chi connectivity index (χ0n) is 12.4. The van der Waals surface area contributed by atoms with E-state index in [-0.39, 0.29) is 0 Å². The Morgan fingerprint density at radius 1 is 1.35 bits per heavy atom. The normalized spacial score (nSPS) is 29.6. The van der Waals surface area contributed by atoms with E-state index < -0.39 is 0 Å². The van der Waals surface area contributed by atoms with E-state index in [1.165, 1.54) is 35.7 Å². The van der Waals surface area contributed by atoms with E-state index in [1.807, 2.05) is 6.92 Å². The Morgan fingerprint density at radius 3 is 2.75 bits per heavy atom. The minimum atomic E-state index is 0.468. The summed E-state index contributed by atoms with van der Waals surface area (Å²) < 4.78 is 6.75. The van der Waals surface area contributed by atoms with Gasteiger partial charge in [0.2, 0.25) is 0 Å². The number of halogens is 1. The van der Waals surface area contributed by atoms with Crippen molar-refractivity contribution in [2.45, 2.75) is 38.6 Å². The number of fused-ring (bicyclic) bond motifs is 2. The standard InChI is InChI=1S/C17H24BrNO/c1-3-20-13-6-7-14(16(18)10-13)17(19-2)15-9-11-4-5-12(15)8-11/h6-7,10-12,15,17,19H,3-5,8-9H2,1-2H3. The van der Waals surface area contributed by atoms with E-state index in [1.54, 1.807) is 0 Å². The third kappa shape index (κ3) is 2.62. The second-order valence-electron chi connectivity index (χ2n) is 6.22. The first kappa shape index (κ1) is 14.4. The van der Waals surface area contributed by atoms with Crippen LogP contribution in [0.1, 0.15) is 44.2 Å². The van der Waals surface area contributed by atoms with E-state index in [2.05, 4.69) is 46.5 Å². The summed E-state index contributed by atoms with van der Waals surface area (Å²) >= 11 is 3.74. The Balaban J connectivity index is 1.82. The SMILES string of the molecule is CCOc1ccc(C(NC)C2CC3CCC2C3)c(Br)c1. The van der Waals surface area contributed by atoms with Crippen molar-refractivity contribution in [2.75, 3.05) is 13.7 Å². The molecule has 0 radical (unpaired) electrons. The van der Waals surface area contributed by atoms with Crippen LogP contribution in [0.4, 0.5) is 0 Å². The van der Waals surface area contributed by atoms with Crippen LogP contribution in [0.2, 0.25) is 0 Å². The topological polar surface area (TPSA) is 21.3 Å². The number of rotatable bonds is 5. The lowest BCUT2D eigenvalue weighted by molar-refractivity contribution is 0.259. The fourth-order valence-corrected chi connectivity index (χ4v) is 4.92. The van der Waals surface area contributed by atoms with Crippen molar-refractivity contribution in [3.8, 4) is 5.75 Å². The first-order valence-electron chi connectivity index (χ1n) is 7.82. The molecule has 110 valence electrons. The van der Waals surface area contributed by atoms with Crippen molar-refractivity contribution < 1.29 is 4.74 Å². The van der Waals surface area contributed by atoms with Crippen LogP contribution in [-0.4, -0.2) is 13.7 Å². The summed E-state index contributed by atoms with van der Waals surface area (Å²) in [5.41, 5.74) is 1.38. The highest BCUT2D eigenvalue weighted by Gasteiger charge is 2.43. The van der Waals surface area contributed by atoms with Crippen LogP contribution in [-0.2, 0) is 0 Å². The summed E-state index contributed by atoms with van der Waals surface area (Å²) in [5, 5.41) is 3.57. The molecule has 0 heterocycles. The van der Waals surface area contributed by atoms with E-state index >= 15 is 0 Å². The first-order valence-corrected chi connectivity index (χ1v) is 8.61. The zero-order chi connectivity index (χ0) is 14.1. The molecule has 3 heteroatoms. The van der Waals surface area contributed by atoms with Gasteiger partial charge in [-0.05, 0) is 68.7 Å². The quantitative estimate of drug-likeness (QED) is 0.851. The number of benzene rings is 1. The maximum absolute atomic E-state index is 5.58. The van der Waals surface area contributed by atoms with Gasteiger partial charge in [0.15, 0.2) is 0 Å². The van der Waals surface area contributed by atoms with Gasteiger partial charge in [-0.15, -0.1) is 0 Å². The zero-order valence-corrected chi connectivity index (χ0v) is 13.9. The molecule has 1 N–H and O–H groups in total. The number of hydrogen-bond acceptors (Lipinski definition) is 2. The lowest BCUT2D eigenvalue weighted by atomic mass is 9.80. The number of hydrogen-bond donors (Lipinski definition) is 1. The van der Waals surface area contributed by atoms with Crippen LogP contribution in [0.15, 0.2) is 22.7 Å². The third-order valence-electron chi connectivity index (χ3n) is 5.15. The van der Waals surface area contributed by atoms with Gasteiger partial charge in [0.05, 0.1) is 6.61 Å². The molecule has 20 heavy (non-hydrogen) atoms. The fraction of sp³-hybridized carbons (Fsp3) is 0.647. The Hall–Kier alpha value is -0.540. The van der Waals surface area contributed by atoms with Crippen LogP contribution in [0.25, 0.3) is 0 Å². The highest BCUT2D eigenvalue weighted by atomic mass is 79.9. The molecule has 2 aliphatic rings. The van der Waals surface area contributed by atoms with E-state index in [4.69, 9.17) is 4.74 Å². The molecule has 0 spiro atoms. The van der Waals surface area contributed by atoms with Crippen molar-refractivity contribution >= 4 is 15.9 Å². The van der Waals surface area contributed by atoms with Gasteiger partial charge in [-0.1, -0.05) is 28.4 Å². The summed E-state index contributed by atoms with van der Waals surface area (Å²) in [6.45, 7) is 2.74. The van der Waals surface area contributed by atoms with Crippen molar-refractivity contribution in [1.82, 2.24) is 5.32 Å². The number of ether oxygens (including phenoxy) is 1. The van der Waals surface area contributed by atoms with E-state index in [0.29, 0.717) is 12.6 Å². The van der Waals surface area contributed by atoms with Gasteiger partial charge in [0, 0.05) is 10.5 Å². The monoisotopic (exact) mass is 337 g/mol. The Bertz CT molecular complexity index is 476. The van der Waals surface area contributed by atoms with Gasteiger partial charge in [0.25, 0.3) is 0 Å². The molecule has 4 atom stereocenters. The second-order valence-corrected chi connectivity index (χ2v) is 7.08. The predicted molar refractivity (Wildman–Crippen MR) is 86.0 cm³/mol. The van der Waals surface area contributed by atoms with Gasteiger partial charge in [-0.3, -0.25) is 0 Å². The van der Waals surface area contributed by atoms with E-state index in [9.17, 15) is 0 Å². The van der Waals surface area contributed by atoms with Crippen LogP contribution in [0, 0.1) is 17.8 Å². The summed E-state index contributed by atoms with van der Waals surface area (Å²) in [7, 11) is 2.10. The van der Waals surface area contributed by atoms with Gasteiger partial charge < -0.3 is 10.1 Å². The number of nitrogens with one attached hydrogen (secondary N) is 1. The fourth-order valence-electron chi connectivity index (χ4n) is 4.32. The molecule has 0 amide bonds. The molecule has 2 saturated carbocycles. The van der Waals surface area contributed by atoms with Gasteiger partial charge in [0.1, 0.15) is 5.75 Å². The average Bonchev–Trinajstić information content (AvgIpc) is 3.05. The van der Waals surface area contributed by atoms with Crippen LogP contribution in [0.3, 0.4) is 0 Å². The Kier molecular flexibility index (Phi) is 4.37. The maximum Gasteiger partial charge on any atom is 0.120 e. The molecular formula is C17H24BrNO. The molecule has 0 aromatic heterocycles. The Labute approximate surface area is 130 Å². The molecule has 1 aromatic carbocycles. The highest BCUT2D eigenvalue weighted by Crippen LogP contribution is 2.53. The third-order valence-corrected chi connectivity index (χ3v) is 5.84. The minimum absolute atomic E-state index is 0.468. The molecule has 4 unspecified atom stereocenters. The van der Waals surface area contributed by atoms with Crippen molar-refractivity contribution in [3.05, 3.63) is 28.2 Å². The Morgan fingerprint density at radius 2 is 2.20 bits per heavy atom. The predicted octanol–water partition coefficient (Wildman–Crippen LogP) is 4.54. The lowest BCUT2D eigenvalue weighted by Crippen LogP contribution is -2.29. The average molecular weight is 338 g/mol. The van der Waals surface area contributed by atoms with Crippen molar-refractivity contribution in [1.29, 1.82) is 0 Å². The molecular weight excluding hydrogens is 314 g/mol. The first-order chi connectivity index (χ1) is 9.72. The molecule has 0 saturated heterocycles. The van der Waals surface area contributed by atoms with E-state index in [0.717, 1.165) is 23.5 Å². The lowest BCUT2D eigenvalue weighted by Gasteiger charge is -2.31. The molecule has 0 aliphatic heterocycles. The highest BCUT2D eigenvalue weighted by molar-refractivity contribution is 9.10. The smallest absolute Gasteiger partial charge is 0.120 e. The van der Waals surface area contributed by atoms with Crippen LogP contribution >= 0.6 is 15.9 Å². The van der Waals surface area contributed by atoms with Gasteiger partial charge >= 0.3 is 0 Å². The molecule has 2 nitrogen and oxygen atoms in total. The van der Waals surface area contributed by atoms with Crippen molar-refractivity contribution in [3.63, 3.8) is 0 Å². The molecule has 2 fully saturated rings. The summed E-state index contributed by atoms with van der Waals surface area (Å²) in [6.07, 6.45) is 5.75. The van der Waals surface area contributed by atoms with Gasteiger partial charge in [-0.2, -0.15) is 0 Å². The summed E-state index contributed by atoms with van der Waals surface area (Å²) in [4.78, 5) is 0. The largest absolute Gasteiger partial charge is 0.494 e.